The monoisotopic (exact) mass is 277 g/mol. The Labute approximate surface area is 83.9 Å². The number of hydrogen-bond acceptors (Lipinski definition) is 1. The maximum absolute atomic E-state index is 8.38. The molecule has 0 aliphatic carbocycles. The van der Waals surface area contributed by atoms with E-state index in [-0.39, 0.29) is 83.7 Å². The number of hydrogen-bond donors (Lipinski definition) is 0. The van der Waals surface area contributed by atoms with Crippen LogP contribution < -0.4 is 0 Å². The Morgan fingerprint density at radius 3 is 1.00 bits per heavy atom. The van der Waals surface area contributed by atoms with Gasteiger partial charge in [-0.3, -0.25) is 0 Å². The molecular weight excluding hydrogens is 277 g/mol. The molecule has 0 aromatic rings. The van der Waals surface area contributed by atoms with Crippen LogP contribution in [0.1, 0.15) is 0 Å². The van der Waals surface area contributed by atoms with Gasteiger partial charge in [-0.15, -0.1) is 0 Å². The summed E-state index contributed by atoms with van der Waals surface area (Å²) in [5.74, 6) is 0. The minimum atomic E-state index is 0. The molecule has 5 heavy (non-hydrogen) atoms. The van der Waals surface area contributed by atoms with E-state index in [4.69, 9.17) is 2.04 Å². The van der Waals surface area contributed by atoms with Gasteiger partial charge in [-0.1, -0.05) is 0 Å². The molecule has 0 fully saturated rings. The molecule has 1 radical (unpaired) electrons. The van der Waals surface area contributed by atoms with Gasteiger partial charge < -0.3 is 11.0 Å². The summed E-state index contributed by atoms with van der Waals surface area (Å²) < 4.78 is 8.38. The summed E-state index contributed by atoms with van der Waals surface area (Å²) in [6, 6.07) is 0. The summed E-state index contributed by atoms with van der Waals surface area (Å²) >= 11 is 0.100. The van der Waals surface area contributed by atoms with Crippen molar-refractivity contribution < 1.29 is 85.8 Å². The van der Waals surface area contributed by atoms with Crippen molar-refractivity contribution >= 4 is 0 Å². The molecule has 0 amide bonds. The fourth-order valence-electron chi connectivity index (χ4n) is 0. The van der Waals surface area contributed by atoms with Crippen LogP contribution in [0.4, 0.5) is 0 Å². The molecule has 25 valence electrons. The van der Waals surface area contributed by atoms with Gasteiger partial charge >= 0.3 is 74.8 Å². The van der Waals surface area contributed by atoms with E-state index in [2.05, 4.69) is 0 Å². The molecule has 0 heterocycles. The van der Waals surface area contributed by atoms with Crippen molar-refractivity contribution in [1.82, 2.24) is 0 Å². The van der Waals surface area contributed by atoms with Gasteiger partial charge in [0.1, 0.15) is 0 Å². The van der Waals surface area contributed by atoms with Crippen molar-refractivity contribution in [3.8, 4) is 0 Å². The number of rotatable bonds is 0. The fraction of sp³-hybridized carbons (Fsp3) is 0. The first-order valence-electron chi connectivity index (χ1n) is 0.236. The van der Waals surface area contributed by atoms with Gasteiger partial charge in [0.05, 0.1) is 0 Å². The van der Waals surface area contributed by atoms with E-state index in [1.807, 2.05) is 0 Å². The van der Waals surface area contributed by atoms with E-state index in [0.29, 0.717) is 0 Å². The van der Waals surface area contributed by atoms with Crippen LogP contribution in [0.2, 0.25) is 0 Å². The van der Waals surface area contributed by atoms with Crippen LogP contribution in [0.25, 0.3) is 0 Å². The molecule has 0 aliphatic heterocycles. The van der Waals surface area contributed by atoms with E-state index >= 15 is 0 Å². The van der Waals surface area contributed by atoms with E-state index in [0.717, 1.165) is 0 Å². The third kappa shape index (κ3) is 22.6. The first kappa shape index (κ1) is 27.0. The predicted molar refractivity (Wildman–Crippen MR) is 2.06 cm³/mol. The maximum atomic E-state index is 8.38. The van der Waals surface area contributed by atoms with E-state index in [1.54, 1.807) is 0 Å². The molecule has 0 aromatic carbocycles. The van der Waals surface area contributed by atoms with Gasteiger partial charge in [0, 0.05) is 0 Å². The fourth-order valence-corrected chi connectivity index (χ4v) is 0. The SMILES string of the molecule is [Ce+3].[O-2].[O-2].[O]=[Y+]. The van der Waals surface area contributed by atoms with Crippen molar-refractivity contribution in [2.75, 3.05) is 0 Å². The first-order chi connectivity index (χ1) is 1.00. The van der Waals surface area contributed by atoms with Gasteiger partial charge in [-0.05, 0) is 0 Å². The molecule has 5 heteroatoms. The second kappa shape index (κ2) is 34.6. The molecule has 0 aliphatic rings. The summed E-state index contributed by atoms with van der Waals surface area (Å²) in [4.78, 5) is 0. The Morgan fingerprint density at radius 1 is 1.00 bits per heavy atom. The normalized spacial score (nSPS) is 1.20. The van der Waals surface area contributed by atoms with Crippen molar-refractivity contribution in [1.29, 1.82) is 0 Å². The van der Waals surface area contributed by atoms with Crippen molar-refractivity contribution in [2.24, 2.45) is 0 Å². The predicted octanol–water partition coefficient (Wildman–Crippen LogP) is -0.359. The molecule has 3 nitrogen and oxygen atoms in total. The van der Waals surface area contributed by atoms with Gasteiger partial charge in [-0.25, -0.2) is 0 Å². The Hall–Kier alpha value is 2.20. The van der Waals surface area contributed by atoms with Gasteiger partial charge in [0.15, 0.2) is 0 Å². The molecular formula is CeO3Y. The zero-order valence-corrected chi connectivity index (χ0v) is 8.28. The molecule has 0 bridgehead atoms. The molecule has 0 atom stereocenters. The van der Waals surface area contributed by atoms with Gasteiger partial charge in [0.2, 0.25) is 0 Å². The minimum absolute atomic E-state index is 0. The molecule has 0 unspecified atom stereocenters. The van der Waals surface area contributed by atoms with Crippen LogP contribution in [-0.2, 0) is 44.0 Å². The zero-order valence-electron chi connectivity index (χ0n) is 2.30. The summed E-state index contributed by atoms with van der Waals surface area (Å²) in [6.45, 7) is 0. The second-order valence-electron chi connectivity index (χ2n) is 0. The zero-order chi connectivity index (χ0) is 2.00. The summed E-state index contributed by atoms with van der Waals surface area (Å²) in [6.07, 6.45) is 0. The van der Waals surface area contributed by atoms with Crippen LogP contribution in [0.5, 0.6) is 0 Å². The standard InChI is InChI=1S/Ce.3O.Y/q+3;;2*-2;+1. The third-order valence-corrected chi connectivity index (χ3v) is 0. The van der Waals surface area contributed by atoms with Gasteiger partial charge in [-0.2, -0.15) is 0 Å². The molecule has 0 spiro atoms. The molecule has 0 rings (SSSR count). The van der Waals surface area contributed by atoms with Crippen LogP contribution in [0, 0.1) is 41.7 Å². The van der Waals surface area contributed by atoms with Crippen LogP contribution in [0.3, 0.4) is 0 Å². The van der Waals surface area contributed by atoms with Crippen LogP contribution in [0.15, 0.2) is 0 Å². The van der Waals surface area contributed by atoms with E-state index in [9.17, 15) is 0 Å². The van der Waals surface area contributed by atoms with Crippen LogP contribution in [-0.4, -0.2) is 0 Å². The summed E-state index contributed by atoms with van der Waals surface area (Å²) in [5.41, 5.74) is 0. The summed E-state index contributed by atoms with van der Waals surface area (Å²) in [5, 5.41) is 0. The summed E-state index contributed by atoms with van der Waals surface area (Å²) in [7, 11) is 0. The second-order valence-corrected chi connectivity index (χ2v) is 0. The first-order valence-corrected chi connectivity index (χ1v) is 1.39. The Kier molecular flexibility index (Phi) is 187. The molecule has 0 aromatic heterocycles. The molecule has 0 saturated heterocycles. The topological polar surface area (TPSA) is 74.1 Å². The molecule has 0 N–H and O–H groups in total. The van der Waals surface area contributed by atoms with Crippen LogP contribution >= 0.6 is 0 Å². The Bertz CT molecular complexity index is 6.85. The third-order valence-electron chi connectivity index (χ3n) is 0. The average molecular weight is 277 g/mol. The van der Waals surface area contributed by atoms with Crippen molar-refractivity contribution in [2.45, 2.75) is 0 Å². The average Bonchev–Trinajstić information content (AvgIpc) is 1.00. The molecule has 0 saturated carbocycles. The van der Waals surface area contributed by atoms with Crippen molar-refractivity contribution in [3.05, 3.63) is 0 Å². The van der Waals surface area contributed by atoms with E-state index in [1.165, 1.54) is 0 Å². The van der Waals surface area contributed by atoms with Crippen molar-refractivity contribution in [3.63, 3.8) is 0 Å². The van der Waals surface area contributed by atoms with E-state index < -0.39 is 0 Å². The Balaban J connectivity index is -0.00000000167. The Morgan fingerprint density at radius 2 is 1.00 bits per heavy atom. The van der Waals surface area contributed by atoms with Gasteiger partial charge in [0.25, 0.3) is 0 Å². The quantitative estimate of drug-likeness (QED) is 0.596.